The zero-order valence-corrected chi connectivity index (χ0v) is 9.99. The van der Waals surface area contributed by atoms with Crippen molar-refractivity contribution in [3.8, 4) is 0 Å². The first-order valence-electron chi connectivity index (χ1n) is 5.07. The normalized spacial score (nSPS) is 9.94. The number of pyridine rings is 1. The molecule has 6 nitrogen and oxygen atoms in total. The van der Waals surface area contributed by atoms with Gasteiger partial charge in [-0.3, -0.25) is 10.1 Å². The molecule has 0 aliphatic carbocycles. The molecule has 2 heterocycles. The Morgan fingerprint density at radius 3 is 3.12 bits per heavy atom. The van der Waals surface area contributed by atoms with E-state index in [0.29, 0.717) is 23.1 Å². The molecule has 0 aliphatic rings. The summed E-state index contributed by atoms with van der Waals surface area (Å²) in [6, 6.07) is 3.43. The van der Waals surface area contributed by atoms with E-state index in [1.807, 2.05) is 6.92 Å². The highest BCUT2D eigenvalue weighted by atomic mass is 32.1. The summed E-state index contributed by atoms with van der Waals surface area (Å²) in [5.74, 6) is 0.322. The number of carbonyl (C=O) groups excluding carboxylic acids is 1. The highest BCUT2D eigenvalue weighted by Crippen LogP contribution is 2.15. The molecule has 0 aliphatic heterocycles. The highest BCUT2D eigenvalue weighted by Gasteiger charge is 2.12. The summed E-state index contributed by atoms with van der Waals surface area (Å²) in [5, 5.41) is 13.6. The van der Waals surface area contributed by atoms with Crippen molar-refractivity contribution in [2.24, 2.45) is 0 Å². The monoisotopic (exact) mass is 249 g/mol. The third-order valence-corrected chi connectivity index (χ3v) is 2.58. The average molecular weight is 249 g/mol. The van der Waals surface area contributed by atoms with Crippen LogP contribution in [0.2, 0.25) is 0 Å². The summed E-state index contributed by atoms with van der Waals surface area (Å²) in [4.78, 5) is 16.1. The van der Waals surface area contributed by atoms with E-state index in [1.165, 1.54) is 11.3 Å². The molecule has 0 radical (unpaired) electrons. The summed E-state index contributed by atoms with van der Waals surface area (Å²) in [7, 11) is 0. The molecule has 2 aromatic rings. The molecular formula is C10H11N5OS. The Labute approximate surface area is 102 Å². The van der Waals surface area contributed by atoms with Gasteiger partial charge in [0.25, 0.3) is 5.91 Å². The van der Waals surface area contributed by atoms with Gasteiger partial charge in [-0.2, -0.15) is 0 Å². The van der Waals surface area contributed by atoms with Crippen LogP contribution in [0.3, 0.4) is 0 Å². The van der Waals surface area contributed by atoms with Gasteiger partial charge in [0.2, 0.25) is 5.13 Å². The van der Waals surface area contributed by atoms with Crippen LogP contribution in [0.15, 0.2) is 23.8 Å². The lowest BCUT2D eigenvalue weighted by Crippen LogP contribution is -2.15. The maximum absolute atomic E-state index is 12.0. The summed E-state index contributed by atoms with van der Waals surface area (Å²) in [6.07, 6.45) is 1.64. The number of aromatic nitrogens is 3. The fourth-order valence-electron chi connectivity index (χ4n) is 1.29. The molecular weight excluding hydrogens is 238 g/mol. The number of rotatable bonds is 4. The van der Waals surface area contributed by atoms with E-state index in [-0.39, 0.29) is 5.91 Å². The van der Waals surface area contributed by atoms with Gasteiger partial charge in [-0.1, -0.05) is 11.3 Å². The molecule has 7 heteroatoms. The van der Waals surface area contributed by atoms with Crippen LogP contribution < -0.4 is 10.6 Å². The van der Waals surface area contributed by atoms with E-state index in [1.54, 1.807) is 23.8 Å². The van der Waals surface area contributed by atoms with Crippen LogP contribution in [-0.2, 0) is 0 Å². The molecule has 0 fully saturated rings. The number of anilines is 2. The zero-order chi connectivity index (χ0) is 12.1. The fourth-order valence-corrected chi connectivity index (χ4v) is 1.73. The van der Waals surface area contributed by atoms with Crippen LogP contribution in [-0.4, -0.2) is 27.6 Å². The summed E-state index contributed by atoms with van der Waals surface area (Å²) in [6.45, 7) is 2.65. The predicted octanol–water partition coefficient (Wildman–Crippen LogP) is 1.62. The molecule has 17 heavy (non-hydrogen) atoms. The van der Waals surface area contributed by atoms with Crippen LogP contribution in [0.25, 0.3) is 0 Å². The zero-order valence-electron chi connectivity index (χ0n) is 9.17. The predicted molar refractivity (Wildman–Crippen MR) is 66.3 cm³/mol. The van der Waals surface area contributed by atoms with E-state index in [2.05, 4.69) is 25.8 Å². The van der Waals surface area contributed by atoms with Crippen molar-refractivity contribution in [3.05, 3.63) is 29.4 Å². The van der Waals surface area contributed by atoms with Gasteiger partial charge >= 0.3 is 0 Å². The first kappa shape index (κ1) is 11.5. The van der Waals surface area contributed by atoms with Crippen molar-refractivity contribution >= 4 is 28.2 Å². The SMILES string of the molecule is CCNc1ncccc1C(=O)Nc1nncs1. The summed E-state index contributed by atoms with van der Waals surface area (Å²) < 4.78 is 0. The highest BCUT2D eigenvalue weighted by molar-refractivity contribution is 7.13. The number of nitrogens with one attached hydrogen (secondary N) is 2. The Morgan fingerprint density at radius 2 is 2.41 bits per heavy atom. The van der Waals surface area contributed by atoms with Crippen LogP contribution in [0.4, 0.5) is 10.9 Å². The van der Waals surface area contributed by atoms with Gasteiger partial charge in [0, 0.05) is 12.7 Å². The molecule has 0 unspecified atom stereocenters. The molecule has 2 rings (SSSR count). The van der Waals surface area contributed by atoms with Gasteiger partial charge in [0.1, 0.15) is 11.3 Å². The number of amides is 1. The first-order chi connectivity index (χ1) is 8.31. The Hall–Kier alpha value is -2.02. The topological polar surface area (TPSA) is 79.8 Å². The molecule has 88 valence electrons. The molecule has 0 spiro atoms. The van der Waals surface area contributed by atoms with Crippen LogP contribution in [0.1, 0.15) is 17.3 Å². The van der Waals surface area contributed by atoms with E-state index >= 15 is 0 Å². The van der Waals surface area contributed by atoms with E-state index in [4.69, 9.17) is 0 Å². The summed E-state index contributed by atoms with van der Waals surface area (Å²) in [5.41, 5.74) is 2.05. The molecule has 0 saturated heterocycles. The first-order valence-corrected chi connectivity index (χ1v) is 5.95. The van der Waals surface area contributed by atoms with Gasteiger partial charge in [-0.15, -0.1) is 10.2 Å². The molecule has 0 atom stereocenters. The second-order valence-electron chi connectivity index (χ2n) is 3.13. The second kappa shape index (κ2) is 5.35. The maximum atomic E-state index is 12.0. The molecule has 0 aromatic carbocycles. The maximum Gasteiger partial charge on any atom is 0.261 e. The summed E-state index contributed by atoms with van der Waals surface area (Å²) >= 11 is 1.27. The Balaban J connectivity index is 2.18. The van der Waals surface area contributed by atoms with Crippen LogP contribution in [0, 0.1) is 0 Å². The lowest BCUT2D eigenvalue weighted by atomic mass is 10.2. The third kappa shape index (κ3) is 2.76. The molecule has 0 saturated carbocycles. The Kier molecular flexibility index (Phi) is 3.61. The minimum atomic E-state index is -0.245. The minimum Gasteiger partial charge on any atom is -0.370 e. The van der Waals surface area contributed by atoms with Crippen molar-refractivity contribution < 1.29 is 4.79 Å². The molecule has 2 aromatic heterocycles. The lowest BCUT2D eigenvalue weighted by Gasteiger charge is -2.07. The quantitative estimate of drug-likeness (QED) is 0.860. The van der Waals surface area contributed by atoms with Gasteiger partial charge in [0.05, 0.1) is 5.56 Å². The average Bonchev–Trinajstić information content (AvgIpc) is 2.83. The number of hydrogen-bond acceptors (Lipinski definition) is 6. The lowest BCUT2D eigenvalue weighted by molar-refractivity contribution is 0.102. The van der Waals surface area contributed by atoms with Crippen molar-refractivity contribution in [1.29, 1.82) is 0 Å². The van der Waals surface area contributed by atoms with Crippen molar-refractivity contribution in [1.82, 2.24) is 15.2 Å². The molecule has 2 N–H and O–H groups in total. The largest absolute Gasteiger partial charge is 0.370 e. The Morgan fingerprint density at radius 1 is 1.53 bits per heavy atom. The van der Waals surface area contributed by atoms with Gasteiger partial charge in [-0.25, -0.2) is 4.98 Å². The third-order valence-electron chi connectivity index (χ3n) is 1.98. The molecule has 0 bridgehead atoms. The smallest absolute Gasteiger partial charge is 0.261 e. The van der Waals surface area contributed by atoms with Gasteiger partial charge < -0.3 is 5.32 Å². The number of carbonyl (C=O) groups is 1. The number of nitrogens with zero attached hydrogens (tertiary/aromatic N) is 3. The minimum absolute atomic E-state index is 0.245. The van der Waals surface area contributed by atoms with Crippen molar-refractivity contribution in [2.45, 2.75) is 6.92 Å². The Bertz CT molecular complexity index is 499. The van der Waals surface area contributed by atoms with Crippen LogP contribution >= 0.6 is 11.3 Å². The number of hydrogen-bond donors (Lipinski definition) is 2. The fraction of sp³-hybridized carbons (Fsp3) is 0.200. The van der Waals surface area contributed by atoms with Crippen molar-refractivity contribution in [3.63, 3.8) is 0 Å². The van der Waals surface area contributed by atoms with E-state index in [9.17, 15) is 4.79 Å². The van der Waals surface area contributed by atoms with Gasteiger partial charge in [0.15, 0.2) is 0 Å². The second-order valence-corrected chi connectivity index (χ2v) is 3.96. The van der Waals surface area contributed by atoms with Crippen LogP contribution in [0.5, 0.6) is 0 Å². The van der Waals surface area contributed by atoms with Crippen molar-refractivity contribution in [2.75, 3.05) is 17.2 Å². The standard InChI is InChI=1S/C10H11N5OS/c1-2-11-8-7(4-3-5-12-8)9(16)14-10-15-13-6-17-10/h3-6H,2H2,1H3,(H,11,12)(H,14,15,16). The van der Waals surface area contributed by atoms with E-state index < -0.39 is 0 Å². The van der Waals surface area contributed by atoms with E-state index in [0.717, 1.165) is 0 Å². The molecule has 1 amide bonds. The van der Waals surface area contributed by atoms with Gasteiger partial charge in [-0.05, 0) is 19.1 Å².